The van der Waals surface area contributed by atoms with Gasteiger partial charge in [-0.2, -0.15) is 0 Å². The van der Waals surface area contributed by atoms with E-state index in [4.69, 9.17) is 5.73 Å². The first-order valence-electron chi connectivity index (χ1n) is 8.12. The standard InChI is InChI=1S/C17H26N4O/c1-2-14-6-8-15(9-7-14)20-17(18)19-11-10-16(22)21-12-4-3-5-13-21/h6-9H,2-5,10-13H2,1H3,(H3,18,19,20). The van der Waals surface area contributed by atoms with Crippen LogP contribution in [-0.2, 0) is 11.2 Å². The van der Waals surface area contributed by atoms with E-state index >= 15 is 0 Å². The van der Waals surface area contributed by atoms with Gasteiger partial charge in [-0.25, -0.2) is 0 Å². The summed E-state index contributed by atoms with van der Waals surface area (Å²) in [5.41, 5.74) is 8.06. The first-order valence-corrected chi connectivity index (χ1v) is 8.12. The first-order chi connectivity index (χ1) is 10.7. The van der Waals surface area contributed by atoms with Gasteiger partial charge >= 0.3 is 0 Å². The fourth-order valence-electron chi connectivity index (χ4n) is 2.58. The van der Waals surface area contributed by atoms with Gasteiger partial charge in [-0.05, 0) is 43.4 Å². The molecule has 1 amide bonds. The van der Waals surface area contributed by atoms with Crippen molar-refractivity contribution >= 4 is 17.6 Å². The topological polar surface area (TPSA) is 70.7 Å². The predicted molar refractivity (Wildman–Crippen MR) is 91.0 cm³/mol. The zero-order valence-electron chi connectivity index (χ0n) is 13.3. The molecule has 1 aromatic carbocycles. The van der Waals surface area contributed by atoms with E-state index in [1.54, 1.807) is 0 Å². The lowest BCUT2D eigenvalue weighted by molar-refractivity contribution is -0.131. The summed E-state index contributed by atoms with van der Waals surface area (Å²) in [7, 11) is 0. The van der Waals surface area contributed by atoms with Crippen molar-refractivity contribution in [3.63, 3.8) is 0 Å². The fraction of sp³-hybridized carbons (Fsp3) is 0.529. The monoisotopic (exact) mass is 302 g/mol. The quantitative estimate of drug-likeness (QED) is 0.648. The van der Waals surface area contributed by atoms with Crippen molar-refractivity contribution in [1.82, 2.24) is 4.90 Å². The van der Waals surface area contributed by atoms with Gasteiger partial charge in [0.05, 0.1) is 6.54 Å². The molecule has 1 aliphatic heterocycles. The third-order valence-electron chi connectivity index (χ3n) is 3.95. The normalized spacial score (nSPS) is 15.7. The summed E-state index contributed by atoms with van der Waals surface area (Å²) in [6.07, 6.45) is 4.91. The van der Waals surface area contributed by atoms with Crippen LogP contribution in [0.25, 0.3) is 0 Å². The number of nitrogens with two attached hydrogens (primary N) is 1. The highest BCUT2D eigenvalue weighted by molar-refractivity contribution is 5.92. The van der Waals surface area contributed by atoms with Crippen molar-refractivity contribution < 1.29 is 4.79 Å². The van der Waals surface area contributed by atoms with Crippen molar-refractivity contribution in [1.29, 1.82) is 0 Å². The molecule has 5 heteroatoms. The summed E-state index contributed by atoms with van der Waals surface area (Å²) >= 11 is 0. The zero-order valence-corrected chi connectivity index (χ0v) is 13.3. The molecule has 2 rings (SSSR count). The van der Waals surface area contributed by atoms with Crippen LogP contribution < -0.4 is 11.1 Å². The van der Waals surface area contributed by atoms with E-state index in [0.717, 1.165) is 38.0 Å². The molecule has 5 nitrogen and oxygen atoms in total. The Balaban J connectivity index is 1.75. The molecule has 0 atom stereocenters. The van der Waals surface area contributed by atoms with Crippen LogP contribution >= 0.6 is 0 Å². The summed E-state index contributed by atoms with van der Waals surface area (Å²) in [6, 6.07) is 8.10. The van der Waals surface area contributed by atoms with Crippen LogP contribution in [0.3, 0.4) is 0 Å². The van der Waals surface area contributed by atoms with Crippen LogP contribution in [0.1, 0.15) is 38.2 Å². The Morgan fingerprint density at radius 1 is 1.23 bits per heavy atom. The van der Waals surface area contributed by atoms with Gasteiger partial charge < -0.3 is 16.0 Å². The van der Waals surface area contributed by atoms with Gasteiger partial charge in [-0.15, -0.1) is 0 Å². The van der Waals surface area contributed by atoms with Crippen molar-refractivity contribution in [3.05, 3.63) is 29.8 Å². The Morgan fingerprint density at radius 3 is 2.55 bits per heavy atom. The van der Waals surface area contributed by atoms with Gasteiger partial charge in [-0.1, -0.05) is 19.1 Å². The van der Waals surface area contributed by atoms with Crippen LogP contribution in [0.15, 0.2) is 29.3 Å². The highest BCUT2D eigenvalue weighted by Gasteiger charge is 2.15. The van der Waals surface area contributed by atoms with E-state index in [2.05, 4.69) is 29.4 Å². The van der Waals surface area contributed by atoms with Gasteiger partial charge in [-0.3, -0.25) is 9.79 Å². The minimum atomic E-state index is 0.184. The van der Waals surface area contributed by atoms with E-state index in [1.807, 2.05) is 17.0 Å². The zero-order chi connectivity index (χ0) is 15.8. The smallest absolute Gasteiger partial charge is 0.224 e. The maximum absolute atomic E-state index is 12.0. The number of aryl methyl sites for hydroxylation is 1. The number of aliphatic imine (C=N–C) groups is 1. The molecule has 120 valence electrons. The number of hydrogen-bond donors (Lipinski definition) is 2. The Bertz CT molecular complexity index is 504. The molecule has 0 saturated carbocycles. The van der Waals surface area contributed by atoms with E-state index in [1.165, 1.54) is 12.0 Å². The molecule has 1 aliphatic rings. The summed E-state index contributed by atoms with van der Waals surface area (Å²) in [5, 5.41) is 3.05. The van der Waals surface area contributed by atoms with Crippen LogP contribution in [0.5, 0.6) is 0 Å². The molecular weight excluding hydrogens is 276 g/mol. The van der Waals surface area contributed by atoms with Gasteiger partial charge in [0.15, 0.2) is 5.96 Å². The van der Waals surface area contributed by atoms with Gasteiger partial charge in [0.1, 0.15) is 0 Å². The third kappa shape index (κ3) is 5.06. The SMILES string of the molecule is CCc1ccc(NC(N)=NCCC(=O)N2CCCCC2)cc1. The lowest BCUT2D eigenvalue weighted by atomic mass is 10.1. The van der Waals surface area contributed by atoms with Crippen LogP contribution in [0.2, 0.25) is 0 Å². The number of carbonyl (C=O) groups is 1. The number of guanidine groups is 1. The van der Waals surface area contributed by atoms with Crippen LogP contribution in [0, 0.1) is 0 Å². The Kier molecular flexibility index (Phi) is 6.25. The fourth-order valence-corrected chi connectivity index (χ4v) is 2.58. The molecular formula is C17H26N4O. The van der Waals surface area contributed by atoms with E-state index in [0.29, 0.717) is 18.9 Å². The molecule has 0 radical (unpaired) electrons. The molecule has 0 aromatic heterocycles. The van der Waals surface area contributed by atoms with Gasteiger partial charge in [0.2, 0.25) is 5.91 Å². The van der Waals surface area contributed by atoms with Crippen molar-refractivity contribution in [2.75, 3.05) is 25.0 Å². The number of likely N-dealkylation sites (tertiary alicyclic amines) is 1. The minimum Gasteiger partial charge on any atom is -0.370 e. The second kappa shape index (κ2) is 8.41. The molecule has 0 aliphatic carbocycles. The number of hydrogen-bond acceptors (Lipinski definition) is 2. The highest BCUT2D eigenvalue weighted by Crippen LogP contribution is 2.11. The third-order valence-corrected chi connectivity index (χ3v) is 3.95. The minimum absolute atomic E-state index is 0.184. The summed E-state index contributed by atoms with van der Waals surface area (Å²) in [5.74, 6) is 0.541. The lowest BCUT2D eigenvalue weighted by Gasteiger charge is -2.26. The first kappa shape index (κ1) is 16.3. The maximum atomic E-state index is 12.0. The molecule has 0 bridgehead atoms. The summed E-state index contributed by atoms with van der Waals surface area (Å²) in [4.78, 5) is 18.2. The van der Waals surface area contributed by atoms with Crippen LogP contribution in [-0.4, -0.2) is 36.4 Å². The highest BCUT2D eigenvalue weighted by atomic mass is 16.2. The molecule has 0 spiro atoms. The Hall–Kier alpha value is -2.04. The summed E-state index contributed by atoms with van der Waals surface area (Å²) < 4.78 is 0. The molecule has 3 N–H and O–H groups in total. The van der Waals surface area contributed by atoms with Crippen molar-refractivity contribution in [2.45, 2.75) is 39.0 Å². The number of rotatable bonds is 5. The Morgan fingerprint density at radius 2 is 1.91 bits per heavy atom. The molecule has 1 heterocycles. The molecule has 1 saturated heterocycles. The maximum Gasteiger partial charge on any atom is 0.224 e. The number of nitrogens with one attached hydrogen (secondary N) is 1. The van der Waals surface area contributed by atoms with Crippen LogP contribution in [0.4, 0.5) is 5.69 Å². The van der Waals surface area contributed by atoms with E-state index < -0.39 is 0 Å². The van der Waals surface area contributed by atoms with Gasteiger partial charge in [0.25, 0.3) is 0 Å². The number of piperidine rings is 1. The average Bonchev–Trinajstić information content (AvgIpc) is 2.56. The average molecular weight is 302 g/mol. The largest absolute Gasteiger partial charge is 0.370 e. The molecule has 1 aromatic rings. The van der Waals surface area contributed by atoms with Gasteiger partial charge in [0, 0.05) is 25.2 Å². The van der Waals surface area contributed by atoms with Crippen molar-refractivity contribution in [2.24, 2.45) is 10.7 Å². The molecule has 0 unspecified atom stereocenters. The second-order valence-electron chi connectivity index (χ2n) is 5.63. The number of anilines is 1. The predicted octanol–water partition coefficient (Wildman–Crippen LogP) is 2.38. The molecule has 22 heavy (non-hydrogen) atoms. The summed E-state index contributed by atoms with van der Waals surface area (Å²) in [6.45, 7) is 4.33. The number of carbonyl (C=O) groups excluding carboxylic acids is 1. The number of amides is 1. The van der Waals surface area contributed by atoms with Crippen molar-refractivity contribution in [3.8, 4) is 0 Å². The lowest BCUT2D eigenvalue weighted by Crippen LogP contribution is -2.36. The second-order valence-corrected chi connectivity index (χ2v) is 5.63. The molecule has 1 fully saturated rings. The number of nitrogens with zero attached hydrogens (tertiary/aromatic N) is 2. The van der Waals surface area contributed by atoms with E-state index in [9.17, 15) is 4.79 Å². The Labute approximate surface area is 132 Å². The number of benzene rings is 1. The van der Waals surface area contributed by atoms with E-state index in [-0.39, 0.29) is 5.91 Å².